The summed E-state index contributed by atoms with van der Waals surface area (Å²) in [7, 11) is 0. The van der Waals surface area contributed by atoms with Crippen molar-refractivity contribution in [2.24, 2.45) is 0 Å². The summed E-state index contributed by atoms with van der Waals surface area (Å²) in [5.41, 5.74) is 0.188. The van der Waals surface area contributed by atoms with Gasteiger partial charge in [0.2, 0.25) is 5.67 Å². The third-order valence-corrected chi connectivity index (χ3v) is 9.52. The molecule has 232 valence electrons. The molecule has 1 N–H and O–H groups in total. The lowest BCUT2D eigenvalue weighted by atomic mass is 9.96. The van der Waals surface area contributed by atoms with Gasteiger partial charge in [-0.15, -0.1) is 0 Å². The number of anilines is 2. The zero-order chi connectivity index (χ0) is 31.6. The molecule has 13 heteroatoms. The number of alkyl halides is 1. The Labute approximate surface area is 267 Å². The van der Waals surface area contributed by atoms with Gasteiger partial charge in [0.1, 0.15) is 17.6 Å². The molecule has 45 heavy (non-hydrogen) atoms. The SMILES string of the molecule is N#CC1(F)CN(c2cc(Cl)c(C(=O)N3COc4c(cccc4-c4cc(N5C6CCC5COC6)c(C(=O)O)cc4F)C3)c(Cl)c2)C1. The number of nitrogens with zero attached hydrogens (tertiary/aromatic N) is 4. The summed E-state index contributed by atoms with van der Waals surface area (Å²) in [6.07, 6.45) is 1.72. The van der Waals surface area contributed by atoms with E-state index in [-0.39, 0.29) is 65.2 Å². The molecule has 0 aliphatic carbocycles. The number of hydrogen-bond donors (Lipinski definition) is 1. The van der Waals surface area contributed by atoms with E-state index in [1.807, 2.05) is 4.90 Å². The highest BCUT2D eigenvalue weighted by atomic mass is 35.5. The van der Waals surface area contributed by atoms with Crippen LogP contribution in [0, 0.1) is 17.1 Å². The van der Waals surface area contributed by atoms with Gasteiger partial charge < -0.3 is 29.3 Å². The molecule has 7 rings (SSSR count). The molecule has 3 aromatic rings. The largest absolute Gasteiger partial charge is 0.478 e. The molecular weight excluding hydrogens is 629 g/mol. The molecule has 9 nitrogen and oxygen atoms in total. The quantitative estimate of drug-likeness (QED) is 0.362. The third kappa shape index (κ3) is 5.01. The zero-order valence-corrected chi connectivity index (χ0v) is 25.2. The maximum absolute atomic E-state index is 15.6. The number of hydrogen-bond acceptors (Lipinski definition) is 7. The average molecular weight is 655 g/mol. The monoisotopic (exact) mass is 654 g/mol. The van der Waals surface area contributed by atoms with Gasteiger partial charge in [-0.3, -0.25) is 4.79 Å². The van der Waals surface area contributed by atoms with Gasteiger partial charge in [0.25, 0.3) is 5.91 Å². The number of para-hydroxylation sites is 1. The molecule has 4 aliphatic rings. The number of ether oxygens (including phenoxy) is 2. The van der Waals surface area contributed by atoms with Gasteiger partial charge in [-0.25, -0.2) is 13.6 Å². The van der Waals surface area contributed by atoms with Crippen LogP contribution in [0.1, 0.15) is 39.1 Å². The number of nitriles is 1. The minimum Gasteiger partial charge on any atom is -0.478 e. The molecule has 0 saturated carbocycles. The summed E-state index contributed by atoms with van der Waals surface area (Å²) in [4.78, 5) is 30.8. The highest BCUT2D eigenvalue weighted by Gasteiger charge is 2.44. The molecule has 4 heterocycles. The number of carbonyl (C=O) groups is 2. The first-order chi connectivity index (χ1) is 21.6. The van der Waals surface area contributed by atoms with Crippen molar-refractivity contribution in [3.8, 4) is 22.9 Å². The maximum Gasteiger partial charge on any atom is 0.337 e. The Hall–Kier alpha value is -4.11. The fourth-order valence-electron chi connectivity index (χ4n) is 6.71. The Morgan fingerprint density at radius 1 is 1.04 bits per heavy atom. The van der Waals surface area contributed by atoms with Gasteiger partial charge >= 0.3 is 5.97 Å². The summed E-state index contributed by atoms with van der Waals surface area (Å²) in [5.74, 6) is -2.02. The lowest BCUT2D eigenvalue weighted by molar-refractivity contribution is 0.0516. The molecule has 4 aliphatic heterocycles. The number of carboxylic acids is 1. The van der Waals surface area contributed by atoms with E-state index in [9.17, 15) is 19.1 Å². The lowest BCUT2D eigenvalue weighted by Crippen LogP contribution is -2.58. The number of amides is 1. The van der Waals surface area contributed by atoms with Gasteiger partial charge in [0.05, 0.1) is 71.8 Å². The first kappa shape index (κ1) is 29.6. The van der Waals surface area contributed by atoms with E-state index in [1.165, 1.54) is 17.0 Å². The van der Waals surface area contributed by atoms with Gasteiger partial charge in [0.15, 0.2) is 6.73 Å². The van der Waals surface area contributed by atoms with Crippen molar-refractivity contribution >= 4 is 46.5 Å². The Bertz CT molecular complexity index is 1750. The van der Waals surface area contributed by atoms with E-state index in [2.05, 4.69) is 0 Å². The molecule has 0 radical (unpaired) electrons. The van der Waals surface area contributed by atoms with E-state index in [4.69, 9.17) is 37.9 Å². The summed E-state index contributed by atoms with van der Waals surface area (Å²) in [6.45, 7) is 0.638. The van der Waals surface area contributed by atoms with Crippen LogP contribution in [0.2, 0.25) is 10.0 Å². The van der Waals surface area contributed by atoms with Crippen LogP contribution in [0.15, 0.2) is 42.5 Å². The van der Waals surface area contributed by atoms with E-state index >= 15 is 4.39 Å². The van der Waals surface area contributed by atoms with Crippen LogP contribution in [0.25, 0.3) is 11.1 Å². The fraction of sp³-hybridized carbons (Fsp3) is 0.344. The molecule has 3 saturated heterocycles. The Morgan fingerprint density at radius 3 is 2.38 bits per heavy atom. The number of rotatable bonds is 5. The molecule has 3 aromatic carbocycles. The maximum atomic E-state index is 15.6. The standard InChI is InChI=1S/C32H26Cl2F2N4O5/c33-24-6-20(39-14-32(36,13-37)15-39)7-25(34)28(24)30(41)38-10-17-2-1-3-21(29(17)45-16-38)22-9-27(23(31(42)43)8-26(22)35)40-18-4-5-19(40)12-44-11-18/h1-3,6-9,18-19H,4-5,10-12,14-16H2,(H,42,43). The minimum absolute atomic E-state index is 0.00842. The summed E-state index contributed by atoms with van der Waals surface area (Å²) >= 11 is 13.0. The molecule has 0 aromatic heterocycles. The number of carbonyl (C=O) groups excluding carboxylic acids is 1. The summed E-state index contributed by atoms with van der Waals surface area (Å²) < 4.78 is 41.5. The van der Waals surface area contributed by atoms with E-state index in [0.29, 0.717) is 41.5 Å². The van der Waals surface area contributed by atoms with Crippen molar-refractivity contribution in [3.05, 3.63) is 75.0 Å². The highest BCUT2D eigenvalue weighted by Crippen LogP contribution is 2.44. The predicted octanol–water partition coefficient (Wildman–Crippen LogP) is 5.91. The van der Waals surface area contributed by atoms with E-state index in [1.54, 1.807) is 35.2 Å². The number of fused-ring (bicyclic) bond motifs is 3. The van der Waals surface area contributed by atoms with Crippen LogP contribution in [0.4, 0.5) is 20.2 Å². The Kier molecular flexibility index (Phi) is 7.27. The minimum atomic E-state index is -1.93. The molecule has 2 bridgehead atoms. The molecule has 0 spiro atoms. The van der Waals surface area contributed by atoms with Crippen LogP contribution in [-0.2, 0) is 11.3 Å². The van der Waals surface area contributed by atoms with Gasteiger partial charge in [-0.1, -0.05) is 41.4 Å². The lowest BCUT2D eigenvalue weighted by Gasteiger charge is -2.41. The van der Waals surface area contributed by atoms with Gasteiger partial charge in [0, 0.05) is 22.4 Å². The van der Waals surface area contributed by atoms with Crippen molar-refractivity contribution in [2.45, 2.75) is 37.1 Å². The van der Waals surface area contributed by atoms with Crippen molar-refractivity contribution in [1.82, 2.24) is 4.90 Å². The molecule has 1 amide bonds. The van der Waals surface area contributed by atoms with E-state index < -0.39 is 23.4 Å². The van der Waals surface area contributed by atoms with Crippen LogP contribution in [0.3, 0.4) is 0 Å². The third-order valence-electron chi connectivity index (χ3n) is 8.92. The number of morpholine rings is 1. The van der Waals surface area contributed by atoms with Crippen molar-refractivity contribution < 1.29 is 33.0 Å². The summed E-state index contributed by atoms with van der Waals surface area (Å²) in [5, 5.41) is 19.0. The molecule has 3 fully saturated rings. The first-order valence-electron chi connectivity index (χ1n) is 14.4. The van der Waals surface area contributed by atoms with Crippen molar-refractivity contribution in [2.75, 3.05) is 42.8 Å². The fourth-order valence-corrected chi connectivity index (χ4v) is 7.35. The number of aromatic carboxylic acids is 1. The second-order valence-corrected chi connectivity index (χ2v) is 12.6. The number of benzene rings is 3. The van der Waals surface area contributed by atoms with Gasteiger partial charge in [-0.05, 0) is 37.1 Å². The second-order valence-electron chi connectivity index (χ2n) is 11.8. The topological polar surface area (TPSA) is 106 Å². The van der Waals surface area contributed by atoms with Gasteiger partial charge in [-0.2, -0.15) is 5.26 Å². The van der Waals surface area contributed by atoms with Crippen LogP contribution in [-0.4, -0.2) is 72.7 Å². The highest BCUT2D eigenvalue weighted by molar-refractivity contribution is 6.40. The van der Waals surface area contributed by atoms with Crippen molar-refractivity contribution in [1.29, 1.82) is 5.26 Å². The van der Waals surface area contributed by atoms with E-state index in [0.717, 1.165) is 18.9 Å². The summed E-state index contributed by atoms with van der Waals surface area (Å²) in [6, 6.07) is 12.5. The number of halogens is 4. The molecular formula is C32H26Cl2F2N4O5. The van der Waals surface area contributed by atoms with Crippen molar-refractivity contribution in [3.63, 3.8) is 0 Å². The Morgan fingerprint density at radius 2 is 1.73 bits per heavy atom. The molecule has 2 atom stereocenters. The smallest absolute Gasteiger partial charge is 0.337 e. The van der Waals surface area contributed by atoms with Crippen LogP contribution >= 0.6 is 23.2 Å². The average Bonchev–Trinajstić information content (AvgIpc) is 3.25. The normalized spacial score (nSPS) is 21.4. The number of carboxylic acid groups (broad SMARTS) is 1. The van der Waals surface area contributed by atoms with Crippen LogP contribution < -0.4 is 14.5 Å². The Balaban J connectivity index is 1.17. The predicted molar refractivity (Wildman–Crippen MR) is 162 cm³/mol. The van der Waals surface area contributed by atoms with Crippen LogP contribution in [0.5, 0.6) is 5.75 Å². The molecule has 2 unspecified atom stereocenters. The zero-order valence-electron chi connectivity index (χ0n) is 23.7. The second kappa shape index (κ2) is 11.1. The first-order valence-corrected chi connectivity index (χ1v) is 15.1.